The first-order chi connectivity index (χ1) is 25.3. The summed E-state index contributed by atoms with van der Waals surface area (Å²) in [6.45, 7) is 0. The van der Waals surface area contributed by atoms with Gasteiger partial charge in [0.2, 0.25) is 0 Å². The molecule has 1 aliphatic rings. The molecule has 0 aliphatic heterocycles. The van der Waals surface area contributed by atoms with E-state index in [9.17, 15) is 0 Å². The number of furan rings is 2. The molecule has 2 nitrogen and oxygen atoms in total. The fraction of sp³-hybridized carbons (Fsp3) is 0.0417. The van der Waals surface area contributed by atoms with E-state index in [1.54, 1.807) is 0 Å². The number of hydrogen-bond donors (Lipinski definition) is 0. The third kappa shape index (κ3) is 3.87. The maximum atomic E-state index is 6.69. The molecule has 238 valence electrons. The predicted molar refractivity (Wildman–Crippen MR) is 217 cm³/mol. The van der Waals surface area contributed by atoms with Crippen LogP contribution in [0.3, 0.4) is 0 Å². The molecule has 3 heteroatoms. The first-order valence-electron chi connectivity index (χ1n) is 17.6. The van der Waals surface area contributed by atoms with Crippen molar-refractivity contribution in [3.8, 4) is 11.1 Å². The summed E-state index contributed by atoms with van der Waals surface area (Å²) in [5.74, 6) is 0.993. The second kappa shape index (κ2) is 10.2. The van der Waals surface area contributed by atoms with E-state index in [4.69, 9.17) is 8.83 Å². The normalized spacial score (nSPS) is 13.5. The van der Waals surface area contributed by atoms with Gasteiger partial charge < -0.3 is 8.83 Å². The van der Waals surface area contributed by atoms with Crippen LogP contribution in [0.2, 0.25) is 0 Å². The highest BCUT2D eigenvalue weighted by molar-refractivity contribution is 7.25. The summed E-state index contributed by atoms with van der Waals surface area (Å²) in [6, 6.07) is 50.9. The zero-order chi connectivity index (χ0) is 33.2. The Balaban J connectivity index is 1.08. The number of benzene rings is 8. The summed E-state index contributed by atoms with van der Waals surface area (Å²) in [4.78, 5) is 0. The second-order valence-electron chi connectivity index (χ2n) is 13.9. The third-order valence-corrected chi connectivity index (χ3v) is 12.3. The topological polar surface area (TPSA) is 26.3 Å². The molecule has 0 radical (unpaired) electrons. The first kappa shape index (κ1) is 27.6. The van der Waals surface area contributed by atoms with Crippen LogP contribution in [0, 0.1) is 0 Å². The average molecular weight is 669 g/mol. The van der Waals surface area contributed by atoms with Crippen LogP contribution in [-0.2, 0) is 6.42 Å². The van der Waals surface area contributed by atoms with Gasteiger partial charge in [0.15, 0.2) is 0 Å². The van der Waals surface area contributed by atoms with E-state index >= 15 is 0 Å². The van der Waals surface area contributed by atoms with Crippen LogP contribution < -0.4 is 0 Å². The van der Waals surface area contributed by atoms with E-state index in [-0.39, 0.29) is 0 Å². The van der Waals surface area contributed by atoms with Gasteiger partial charge in [-0.05, 0) is 111 Å². The third-order valence-electron chi connectivity index (χ3n) is 11.2. The molecular formula is C48H28O2S. The maximum absolute atomic E-state index is 6.69. The number of fused-ring (bicyclic) bond motifs is 13. The van der Waals surface area contributed by atoms with Gasteiger partial charge in [-0.3, -0.25) is 0 Å². The number of allylic oxidation sites excluding steroid dienone is 1. The van der Waals surface area contributed by atoms with Crippen LogP contribution >= 0.6 is 11.3 Å². The number of hydrogen-bond acceptors (Lipinski definition) is 3. The lowest BCUT2D eigenvalue weighted by Crippen LogP contribution is -1.99. The van der Waals surface area contributed by atoms with Crippen LogP contribution in [0.15, 0.2) is 148 Å². The Hall–Kier alpha value is -6.16. The molecule has 0 fully saturated rings. The fourth-order valence-electron chi connectivity index (χ4n) is 8.90. The Kier molecular flexibility index (Phi) is 5.52. The highest BCUT2D eigenvalue weighted by Gasteiger charge is 2.23. The van der Waals surface area contributed by atoms with Gasteiger partial charge in [-0.15, -0.1) is 11.3 Å². The molecule has 0 amide bonds. The van der Waals surface area contributed by atoms with E-state index < -0.39 is 0 Å². The monoisotopic (exact) mass is 668 g/mol. The van der Waals surface area contributed by atoms with E-state index in [1.165, 1.54) is 80.3 Å². The SMILES string of the molecule is C1=C(c2c3ccccc3c(-c3ccc4oc5c6cc7sc8ccccc8c7cc6ccc5c4c3)c3ccccc23)CCc2c1oc1ccccc21. The minimum Gasteiger partial charge on any atom is -0.456 e. The minimum atomic E-state index is 0.914. The Morgan fingerprint density at radius 2 is 1.12 bits per heavy atom. The average Bonchev–Trinajstić information content (AvgIpc) is 3.86. The standard InChI is InChI=1S/C48H28O2S/c1-3-13-35-33(11-1)46(34-12-2-4-14-36(34)47(35)29-18-20-31-30-9-5-7-15-41(30)49-43(31)25-29)28-19-22-42-39(24-28)37-21-17-27-23-40-32-10-6-8-16-44(32)51-45(40)26-38(27)48(37)50-42/h1-17,19,21-26H,18,20H2. The van der Waals surface area contributed by atoms with Gasteiger partial charge in [0.1, 0.15) is 22.5 Å². The fourth-order valence-corrected chi connectivity index (χ4v) is 10.0. The molecule has 0 unspecified atom stereocenters. The summed E-state index contributed by atoms with van der Waals surface area (Å²) in [6.07, 6.45) is 4.24. The molecule has 12 rings (SSSR count). The van der Waals surface area contributed by atoms with Gasteiger partial charge in [-0.25, -0.2) is 0 Å². The molecule has 0 spiro atoms. The van der Waals surface area contributed by atoms with Crippen molar-refractivity contribution in [2.24, 2.45) is 0 Å². The molecule has 0 saturated carbocycles. The first-order valence-corrected chi connectivity index (χ1v) is 18.4. The van der Waals surface area contributed by atoms with Crippen LogP contribution in [0.5, 0.6) is 0 Å². The molecule has 0 atom stereocenters. The molecule has 11 aromatic rings. The summed E-state index contributed by atoms with van der Waals surface area (Å²) in [7, 11) is 0. The quantitative estimate of drug-likeness (QED) is 0.171. The zero-order valence-corrected chi connectivity index (χ0v) is 28.3. The molecule has 0 saturated heterocycles. The van der Waals surface area contributed by atoms with Crippen molar-refractivity contribution in [3.05, 3.63) is 156 Å². The van der Waals surface area contributed by atoms with Crippen molar-refractivity contribution in [1.82, 2.24) is 0 Å². The lowest BCUT2D eigenvalue weighted by atomic mass is 9.82. The van der Waals surface area contributed by atoms with Crippen molar-refractivity contribution in [1.29, 1.82) is 0 Å². The van der Waals surface area contributed by atoms with Crippen LogP contribution in [-0.4, -0.2) is 0 Å². The Labute approximate surface area is 296 Å². The molecule has 51 heavy (non-hydrogen) atoms. The molecule has 3 aromatic heterocycles. The van der Waals surface area contributed by atoms with E-state index in [0.717, 1.165) is 51.5 Å². The number of aryl methyl sites for hydroxylation is 1. The molecule has 0 N–H and O–H groups in total. The van der Waals surface area contributed by atoms with Gasteiger partial charge in [0.05, 0.1) is 0 Å². The molecule has 8 aromatic carbocycles. The van der Waals surface area contributed by atoms with E-state index in [2.05, 4.69) is 146 Å². The number of para-hydroxylation sites is 1. The minimum absolute atomic E-state index is 0.914. The number of thiophene rings is 1. The highest BCUT2D eigenvalue weighted by Crippen LogP contribution is 2.47. The van der Waals surface area contributed by atoms with E-state index in [0.29, 0.717) is 0 Å². The molecule has 1 aliphatic carbocycles. The van der Waals surface area contributed by atoms with Crippen molar-refractivity contribution >= 4 is 108 Å². The van der Waals surface area contributed by atoms with Gasteiger partial charge in [0, 0.05) is 47.3 Å². The summed E-state index contributed by atoms with van der Waals surface area (Å²) in [5.41, 5.74) is 9.25. The Morgan fingerprint density at radius 1 is 0.431 bits per heavy atom. The summed E-state index contributed by atoms with van der Waals surface area (Å²) < 4.78 is 15.7. The smallest absolute Gasteiger partial charge is 0.143 e. The van der Waals surface area contributed by atoms with Crippen LogP contribution in [0.25, 0.3) is 108 Å². The highest BCUT2D eigenvalue weighted by atomic mass is 32.1. The van der Waals surface area contributed by atoms with E-state index in [1.807, 2.05) is 11.3 Å². The maximum Gasteiger partial charge on any atom is 0.143 e. The Bertz CT molecular complexity index is 3250. The van der Waals surface area contributed by atoms with Crippen molar-refractivity contribution in [2.45, 2.75) is 12.8 Å². The van der Waals surface area contributed by atoms with Crippen LogP contribution in [0.4, 0.5) is 0 Å². The summed E-state index contributed by atoms with van der Waals surface area (Å²) in [5, 5.41) is 13.6. The molecule has 3 heterocycles. The molecular weight excluding hydrogens is 641 g/mol. The van der Waals surface area contributed by atoms with Gasteiger partial charge in [-0.2, -0.15) is 0 Å². The van der Waals surface area contributed by atoms with Crippen molar-refractivity contribution in [3.63, 3.8) is 0 Å². The molecule has 0 bridgehead atoms. The Morgan fingerprint density at radius 3 is 1.92 bits per heavy atom. The number of rotatable bonds is 2. The van der Waals surface area contributed by atoms with Gasteiger partial charge in [0.25, 0.3) is 0 Å². The second-order valence-corrected chi connectivity index (χ2v) is 15.0. The lowest BCUT2D eigenvalue weighted by molar-refractivity contribution is 0.596. The predicted octanol–water partition coefficient (Wildman–Crippen LogP) is 14.3. The zero-order valence-electron chi connectivity index (χ0n) is 27.5. The van der Waals surface area contributed by atoms with Crippen molar-refractivity contribution in [2.75, 3.05) is 0 Å². The van der Waals surface area contributed by atoms with Gasteiger partial charge in [-0.1, -0.05) is 97.1 Å². The van der Waals surface area contributed by atoms with Crippen LogP contribution in [0.1, 0.15) is 23.3 Å². The van der Waals surface area contributed by atoms with Crippen molar-refractivity contribution < 1.29 is 8.83 Å². The summed E-state index contributed by atoms with van der Waals surface area (Å²) >= 11 is 1.85. The largest absolute Gasteiger partial charge is 0.456 e. The van der Waals surface area contributed by atoms with Gasteiger partial charge >= 0.3 is 0 Å². The lowest BCUT2D eigenvalue weighted by Gasteiger charge is -2.21.